The maximum absolute atomic E-state index is 12.9. The number of piperazine rings is 1. The number of amides is 2. The summed E-state index contributed by atoms with van der Waals surface area (Å²) in [5.41, 5.74) is 1.44. The van der Waals surface area contributed by atoms with Gasteiger partial charge in [0.2, 0.25) is 11.8 Å². The number of carbonyl (C=O) groups is 2. The molecule has 0 aliphatic carbocycles. The minimum absolute atomic E-state index is 0.0526. The highest BCUT2D eigenvalue weighted by Crippen LogP contribution is 2.31. The van der Waals surface area contributed by atoms with Gasteiger partial charge in [0.15, 0.2) is 0 Å². The molecule has 1 aliphatic rings. The van der Waals surface area contributed by atoms with Crippen LogP contribution in [0, 0.1) is 0 Å². The molecule has 9 heteroatoms. The minimum atomic E-state index is -4.37. The van der Waals surface area contributed by atoms with E-state index in [4.69, 9.17) is 5.21 Å². The van der Waals surface area contributed by atoms with Gasteiger partial charge in [-0.25, -0.2) is 5.48 Å². The Morgan fingerprint density at radius 3 is 2.25 bits per heavy atom. The van der Waals surface area contributed by atoms with Crippen molar-refractivity contribution in [2.75, 3.05) is 31.1 Å². The summed E-state index contributed by atoms with van der Waals surface area (Å²) in [6.07, 6.45) is -0.643. The first-order valence-electron chi connectivity index (χ1n) is 9.44. The molecule has 0 bridgehead atoms. The Morgan fingerprint density at radius 2 is 1.64 bits per heavy atom. The van der Waals surface area contributed by atoms with Gasteiger partial charge in [0.05, 0.1) is 5.56 Å². The van der Waals surface area contributed by atoms with Crippen molar-refractivity contribution in [3.05, 3.63) is 29.8 Å². The molecule has 28 heavy (non-hydrogen) atoms. The molecule has 0 atom stereocenters. The van der Waals surface area contributed by atoms with Crippen molar-refractivity contribution >= 4 is 17.5 Å². The van der Waals surface area contributed by atoms with Crippen molar-refractivity contribution in [3.8, 4) is 0 Å². The molecule has 2 amide bonds. The molecule has 2 rings (SSSR count). The molecule has 6 nitrogen and oxygen atoms in total. The molecule has 2 N–H and O–H groups in total. The van der Waals surface area contributed by atoms with Gasteiger partial charge in [0.25, 0.3) is 0 Å². The van der Waals surface area contributed by atoms with Crippen molar-refractivity contribution in [3.63, 3.8) is 0 Å². The number of anilines is 1. The summed E-state index contributed by atoms with van der Waals surface area (Å²) in [6.45, 7) is 1.99. The molecule has 0 aromatic heterocycles. The third-order valence-corrected chi connectivity index (χ3v) is 4.84. The van der Waals surface area contributed by atoms with Crippen molar-refractivity contribution in [1.82, 2.24) is 10.4 Å². The number of rotatable bonds is 8. The fraction of sp³-hybridized carbons (Fsp3) is 0.579. The van der Waals surface area contributed by atoms with E-state index in [9.17, 15) is 22.8 Å². The normalized spacial score (nSPS) is 14.9. The van der Waals surface area contributed by atoms with Gasteiger partial charge < -0.3 is 9.80 Å². The number of hydrogen-bond donors (Lipinski definition) is 2. The zero-order valence-corrected chi connectivity index (χ0v) is 15.7. The van der Waals surface area contributed by atoms with Crippen molar-refractivity contribution in [2.24, 2.45) is 0 Å². The second-order valence-electron chi connectivity index (χ2n) is 6.87. The van der Waals surface area contributed by atoms with E-state index < -0.39 is 17.6 Å². The number of halogens is 3. The van der Waals surface area contributed by atoms with Gasteiger partial charge in [0, 0.05) is 44.7 Å². The monoisotopic (exact) mass is 401 g/mol. The molecule has 1 aromatic carbocycles. The van der Waals surface area contributed by atoms with Gasteiger partial charge >= 0.3 is 6.18 Å². The highest BCUT2D eigenvalue weighted by Gasteiger charge is 2.31. The van der Waals surface area contributed by atoms with Gasteiger partial charge in [-0.3, -0.25) is 14.8 Å². The Balaban J connectivity index is 1.70. The Bertz CT molecular complexity index is 659. The van der Waals surface area contributed by atoms with Crippen LogP contribution in [0.5, 0.6) is 0 Å². The van der Waals surface area contributed by atoms with E-state index in [0.29, 0.717) is 44.7 Å². The predicted molar refractivity (Wildman–Crippen MR) is 97.9 cm³/mol. The summed E-state index contributed by atoms with van der Waals surface area (Å²) < 4.78 is 38.6. The van der Waals surface area contributed by atoms with Crippen LogP contribution >= 0.6 is 0 Å². The molecule has 1 heterocycles. The standard InChI is InChI=1S/C19H26F3N3O3/c20-19(21,22)15-6-5-7-16(14-15)24-10-12-25(13-11-24)18(27)9-4-2-1-3-8-17(26)23-28/h5-7,14,28H,1-4,8-13H2,(H,23,26). The van der Waals surface area contributed by atoms with E-state index in [1.165, 1.54) is 6.07 Å². The lowest BCUT2D eigenvalue weighted by atomic mass is 10.1. The Labute approximate surface area is 162 Å². The number of hydrogen-bond acceptors (Lipinski definition) is 4. The second-order valence-corrected chi connectivity index (χ2v) is 6.87. The molecule has 0 spiro atoms. The van der Waals surface area contributed by atoms with Crippen LogP contribution in [0.15, 0.2) is 24.3 Å². The van der Waals surface area contributed by atoms with Gasteiger partial charge in [-0.15, -0.1) is 0 Å². The van der Waals surface area contributed by atoms with Gasteiger partial charge in [0.1, 0.15) is 0 Å². The van der Waals surface area contributed by atoms with E-state index in [-0.39, 0.29) is 12.3 Å². The van der Waals surface area contributed by atoms with E-state index in [0.717, 1.165) is 31.4 Å². The minimum Gasteiger partial charge on any atom is -0.368 e. The third-order valence-electron chi connectivity index (χ3n) is 4.84. The molecule has 1 aliphatic heterocycles. The number of alkyl halides is 3. The molecule has 0 saturated carbocycles. The van der Waals surface area contributed by atoms with Crippen LogP contribution in [-0.4, -0.2) is 48.1 Å². The number of hydroxylamine groups is 1. The van der Waals surface area contributed by atoms with E-state index in [1.807, 2.05) is 4.90 Å². The molecular formula is C19H26F3N3O3. The SMILES string of the molecule is O=C(CCCCCCC(=O)N1CCN(c2cccc(C(F)(F)F)c2)CC1)NO. The second kappa shape index (κ2) is 10.3. The first-order chi connectivity index (χ1) is 13.3. The lowest BCUT2D eigenvalue weighted by molar-refractivity contribution is -0.137. The quantitative estimate of drug-likeness (QED) is 0.399. The third kappa shape index (κ3) is 6.70. The summed E-state index contributed by atoms with van der Waals surface area (Å²) >= 11 is 0. The van der Waals surface area contributed by atoms with Crippen LogP contribution in [0.4, 0.5) is 18.9 Å². The van der Waals surface area contributed by atoms with Gasteiger partial charge in [-0.1, -0.05) is 18.9 Å². The van der Waals surface area contributed by atoms with Crippen LogP contribution in [0.2, 0.25) is 0 Å². The summed E-state index contributed by atoms with van der Waals surface area (Å²) in [4.78, 5) is 26.8. The number of benzene rings is 1. The van der Waals surface area contributed by atoms with Crippen LogP contribution in [0.3, 0.4) is 0 Å². The Hall–Kier alpha value is -2.29. The van der Waals surface area contributed by atoms with Crippen LogP contribution in [0.25, 0.3) is 0 Å². The van der Waals surface area contributed by atoms with Crippen LogP contribution in [0.1, 0.15) is 44.1 Å². The number of unbranched alkanes of at least 4 members (excludes halogenated alkanes) is 3. The largest absolute Gasteiger partial charge is 0.416 e. The van der Waals surface area contributed by atoms with Crippen LogP contribution in [-0.2, 0) is 15.8 Å². The lowest BCUT2D eigenvalue weighted by Crippen LogP contribution is -2.48. The summed E-state index contributed by atoms with van der Waals surface area (Å²) in [7, 11) is 0. The highest BCUT2D eigenvalue weighted by atomic mass is 19.4. The lowest BCUT2D eigenvalue weighted by Gasteiger charge is -2.36. The number of nitrogens with one attached hydrogen (secondary N) is 1. The summed E-state index contributed by atoms with van der Waals surface area (Å²) in [6, 6.07) is 5.26. The van der Waals surface area contributed by atoms with Crippen molar-refractivity contribution < 1.29 is 28.0 Å². The Kier molecular flexibility index (Phi) is 8.10. The molecule has 1 fully saturated rings. The fourth-order valence-corrected chi connectivity index (χ4v) is 3.22. The van der Waals surface area contributed by atoms with Gasteiger partial charge in [-0.05, 0) is 31.0 Å². The topological polar surface area (TPSA) is 72.9 Å². The highest BCUT2D eigenvalue weighted by molar-refractivity contribution is 5.76. The Morgan fingerprint density at radius 1 is 1.00 bits per heavy atom. The van der Waals surface area contributed by atoms with E-state index in [1.54, 1.807) is 16.4 Å². The van der Waals surface area contributed by atoms with Crippen molar-refractivity contribution in [2.45, 2.75) is 44.7 Å². The zero-order valence-electron chi connectivity index (χ0n) is 15.7. The average molecular weight is 401 g/mol. The summed E-state index contributed by atoms with van der Waals surface area (Å²) in [5.74, 6) is -0.355. The first-order valence-corrected chi connectivity index (χ1v) is 9.44. The molecular weight excluding hydrogens is 375 g/mol. The molecule has 0 unspecified atom stereocenters. The summed E-state index contributed by atoms with van der Waals surface area (Å²) in [5, 5.41) is 8.39. The van der Waals surface area contributed by atoms with E-state index in [2.05, 4.69) is 0 Å². The maximum Gasteiger partial charge on any atom is 0.416 e. The predicted octanol–water partition coefficient (Wildman–Crippen LogP) is 3.20. The van der Waals surface area contributed by atoms with Gasteiger partial charge in [-0.2, -0.15) is 13.2 Å². The molecule has 0 radical (unpaired) electrons. The number of nitrogens with zero attached hydrogens (tertiary/aromatic N) is 2. The molecule has 1 aromatic rings. The average Bonchev–Trinajstić information content (AvgIpc) is 2.69. The van der Waals surface area contributed by atoms with Crippen LogP contribution < -0.4 is 10.4 Å². The molecule has 156 valence electrons. The van der Waals surface area contributed by atoms with Crippen molar-refractivity contribution in [1.29, 1.82) is 0 Å². The smallest absolute Gasteiger partial charge is 0.368 e. The first kappa shape index (κ1) is 22.0. The number of carbonyl (C=O) groups excluding carboxylic acids is 2. The zero-order chi connectivity index (χ0) is 20.6. The van der Waals surface area contributed by atoms with E-state index >= 15 is 0 Å². The fourth-order valence-electron chi connectivity index (χ4n) is 3.22. The molecule has 1 saturated heterocycles. The maximum atomic E-state index is 12.9.